The molecule has 8 heteroatoms. The number of nitrogens with zero attached hydrogens (tertiary/aromatic N) is 2. The fourth-order valence-corrected chi connectivity index (χ4v) is 5.21. The molecular formula is C24H35IN4O2S. The van der Waals surface area contributed by atoms with E-state index in [1.165, 1.54) is 17.8 Å². The van der Waals surface area contributed by atoms with Crippen LogP contribution in [0.3, 0.4) is 0 Å². The first-order valence-corrected chi connectivity index (χ1v) is 12.2. The molecule has 0 amide bonds. The second kappa shape index (κ2) is 12.5. The van der Waals surface area contributed by atoms with Gasteiger partial charge in [-0.2, -0.15) is 0 Å². The highest BCUT2D eigenvalue weighted by Crippen LogP contribution is 2.34. The van der Waals surface area contributed by atoms with Crippen molar-refractivity contribution in [2.24, 2.45) is 4.99 Å². The van der Waals surface area contributed by atoms with E-state index in [0.29, 0.717) is 18.7 Å². The van der Waals surface area contributed by atoms with Gasteiger partial charge in [-0.1, -0.05) is 12.1 Å². The number of benzene rings is 1. The molecule has 4 rings (SSSR count). The van der Waals surface area contributed by atoms with Crippen molar-refractivity contribution in [2.75, 3.05) is 32.1 Å². The zero-order valence-corrected chi connectivity index (χ0v) is 22.2. The minimum atomic E-state index is 0. The van der Waals surface area contributed by atoms with Gasteiger partial charge in [0, 0.05) is 38.3 Å². The van der Waals surface area contributed by atoms with Crippen molar-refractivity contribution in [3.63, 3.8) is 0 Å². The first kappa shape index (κ1) is 25.0. The Morgan fingerprint density at radius 3 is 2.56 bits per heavy atom. The van der Waals surface area contributed by atoms with E-state index in [2.05, 4.69) is 44.1 Å². The molecule has 2 N–H and O–H groups in total. The smallest absolute Gasteiger partial charge is 0.191 e. The Morgan fingerprint density at radius 1 is 1.12 bits per heavy atom. The van der Waals surface area contributed by atoms with E-state index in [1.807, 2.05) is 30.5 Å². The van der Waals surface area contributed by atoms with Crippen molar-refractivity contribution in [1.29, 1.82) is 0 Å². The van der Waals surface area contributed by atoms with Crippen LogP contribution in [0.15, 0.2) is 40.7 Å². The molecule has 1 saturated carbocycles. The molecule has 2 heterocycles. The predicted molar refractivity (Wildman–Crippen MR) is 144 cm³/mol. The number of anilines is 1. The van der Waals surface area contributed by atoms with Crippen LogP contribution in [0.25, 0.3) is 0 Å². The molecular weight excluding hydrogens is 535 g/mol. The van der Waals surface area contributed by atoms with Gasteiger partial charge in [0.25, 0.3) is 0 Å². The number of nitrogens with one attached hydrogen (secondary N) is 2. The number of guanidine groups is 1. The summed E-state index contributed by atoms with van der Waals surface area (Å²) in [5.74, 6) is 2.50. The van der Waals surface area contributed by atoms with Gasteiger partial charge in [-0.3, -0.25) is 4.99 Å². The molecule has 0 unspecified atom stereocenters. The summed E-state index contributed by atoms with van der Waals surface area (Å²) in [6.45, 7) is 2.79. The van der Waals surface area contributed by atoms with E-state index in [9.17, 15) is 0 Å². The van der Waals surface area contributed by atoms with E-state index >= 15 is 0 Å². The van der Waals surface area contributed by atoms with Crippen molar-refractivity contribution >= 4 is 46.3 Å². The lowest BCUT2D eigenvalue weighted by atomic mass is 10.1. The molecule has 0 bridgehead atoms. The Bertz CT molecular complexity index is 848. The van der Waals surface area contributed by atoms with E-state index in [-0.39, 0.29) is 24.0 Å². The summed E-state index contributed by atoms with van der Waals surface area (Å²) in [4.78, 5) is 6.93. The number of thiophene rings is 1. The fourth-order valence-electron chi connectivity index (χ4n) is 4.43. The third kappa shape index (κ3) is 6.43. The summed E-state index contributed by atoms with van der Waals surface area (Å²) in [6.07, 6.45) is 7.24. The monoisotopic (exact) mass is 570 g/mol. The van der Waals surface area contributed by atoms with E-state index in [4.69, 9.17) is 9.47 Å². The highest BCUT2D eigenvalue weighted by Gasteiger charge is 2.22. The average Bonchev–Trinajstić information content (AvgIpc) is 3.52. The highest BCUT2D eigenvalue weighted by atomic mass is 127. The molecule has 1 saturated heterocycles. The minimum Gasteiger partial charge on any atom is -0.493 e. The maximum absolute atomic E-state index is 6.36. The van der Waals surface area contributed by atoms with Gasteiger partial charge in [0.05, 0.1) is 18.2 Å². The maximum Gasteiger partial charge on any atom is 0.191 e. The van der Waals surface area contributed by atoms with Crippen molar-refractivity contribution in [2.45, 2.75) is 57.2 Å². The van der Waals surface area contributed by atoms with Crippen LogP contribution in [-0.2, 0) is 6.54 Å². The lowest BCUT2D eigenvalue weighted by molar-refractivity contribution is 0.198. The topological polar surface area (TPSA) is 58.1 Å². The Balaban J connectivity index is 0.00000289. The Kier molecular flexibility index (Phi) is 9.77. The van der Waals surface area contributed by atoms with Crippen LogP contribution >= 0.6 is 35.3 Å². The number of hydrogen-bond donors (Lipinski definition) is 2. The van der Waals surface area contributed by atoms with Crippen LogP contribution in [0.5, 0.6) is 11.5 Å². The molecule has 1 aromatic heterocycles. The molecule has 1 aliphatic carbocycles. The maximum atomic E-state index is 6.36. The summed E-state index contributed by atoms with van der Waals surface area (Å²) >= 11 is 1.82. The van der Waals surface area contributed by atoms with E-state index in [1.54, 1.807) is 7.11 Å². The van der Waals surface area contributed by atoms with Crippen molar-refractivity contribution in [1.82, 2.24) is 10.6 Å². The summed E-state index contributed by atoms with van der Waals surface area (Å²) in [7, 11) is 3.54. The number of para-hydroxylation sites is 1. The number of aliphatic imine (C=N–C) groups is 1. The van der Waals surface area contributed by atoms with Crippen molar-refractivity contribution in [3.8, 4) is 11.5 Å². The number of hydrogen-bond acceptors (Lipinski definition) is 5. The molecule has 0 radical (unpaired) electrons. The first-order chi connectivity index (χ1) is 15.3. The summed E-state index contributed by atoms with van der Waals surface area (Å²) in [5.41, 5.74) is 1.10. The first-order valence-electron chi connectivity index (χ1n) is 11.3. The zero-order chi connectivity index (χ0) is 21.5. The van der Waals surface area contributed by atoms with Crippen LogP contribution in [-0.4, -0.2) is 45.4 Å². The third-order valence-electron chi connectivity index (χ3n) is 6.19. The second-order valence-electron chi connectivity index (χ2n) is 8.26. The van der Waals surface area contributed by atoms with Crippen LogP contribution in [0.2, 0.25) is 0 Å². The quantitative estimate of drug-likeness (QED) is 0.278. The van der Waals surface area contributed by atoms with Crippen LogP contribution < -0.4 is 25.0 Å². The lowest BCUT2D eigenvalue weighted by Gasteiger charge is -2.33. The minimum absolute atomic E-state index is 0. The van der Waals surface area contributed by atoms with Gasteiger partial charge in [-0.25, -0.2) is 0 Å². The molecule has 176 valence electrons. The largest absolute Gasteiger partial charge is 0.493 e. The zero-order valence-electron chi connectivity index (χ0n) is 19.0. The van der Waals surface area contributed by atoms with Gasteiger partial charge in [0.1, 0.15) is 0 Å². The van der Waals surface area contributed by atoms with E-state index < -0.39 is 0 Å². The molecule has 0 atom stereocenters. The van der Waals surface area contributed by atoms with Gasteiger partial charge in [0.2, 0.25) is 0 Å². The SMILES string of the molecule is CN=C(NCc1cccc(OC)c1OC1CCCC1)NC1CCN(c2cccs2)CC1.I. The van der Waals surface area contributed by atoms with Crippen molar-refractivity contribution < 1.29 is 9.47 Å². The van der Waals surface area contributed by atoms with Crippen LogP contribution in [0.1, 0.15) is 44.1 Å². The third-order valence-corrected chi connectivity index (χ3v) is 7.12. The average molecular weight is 571 g/mol. The van der Waals surface area contributed by atoms with Gasteiger partial charge in [0.15, 0.2) is 17.5 Å². The molecule has 2 aliphatic rings. The highest BCUT2D eigenvalue weighted by molar-refractivity contribution is 14.0. The Morgan fingerprint density at radius 2 is 1.91 bits per heavy atom. The predicted octanol–water partition coefficient (Wildman–Crippen LogP) is 5.03. The normalized spacial score (nSPS) is 17.7. The van der Waals surface area contributed by atoms with Crippen LogP contribution in [0, 0.1) is 0 Å². The molecule has 0 spiro atoms. The Labute approximate surface area is 212 Å². The van der Waals surface area contributed by atoms with Gasteiger partial charge >= 0.3 is 0 Å². The summed E-state index contributed by atoms with van der Waals surface area (Å²) < 4.78 is 12.0. The molecule has 32 heavy (non-hydrogen) atoms. The molecule has 1 aromatic carbocycles. The standard InChI is InChI=1S/C24H34N4O2S.HI/c1-25-24(27-19-12-14-28(15-13-19)22-11-6-16-31-22)26-17-18-7-5-10-21(29-2)23(18)30-20-8-3-4-9-20;/h5-7,10-11,16,19-20H,3-4,8-9,12-15,17H2,1-2H3,(H2,25,26,27);1H. The second-order valence-corrected chi connectivity index (χ2v) is 9.18. The van der Waals surface area contributed by atoms with Crippen LogP contribution in [0.4, 0.5) is 5.00 Å². The number of methoxy groups -OCH3 is 1. The van der Waals surface area contributed by atoms with Gasteiger partial charge in [-0.05, 0) is 62.1 Å². The molecule has 6 nitrogen and oxygen atoms in total. The number of rotatable bonds is 7. The fraction of sp³-hybridized carbons (Fsp3) is 0.542. The summed E-state index contributed by atoms with van der Waals surface area (Å²) in [5, 5.41) is 10.6. The van der Waals surface area contributed by atoms with E-state index in [0.717, 1.165) is 61.8 Å². The molecule has 1 aliphatic heterocycles. The lowest BCUT2D eigenvalue weighted by Crippen LogP contribution is -2.48. The number of ether oxygens (including phenoxy) is 2. The number of halogens is 1. The molecule has 2 fully saturated rings. The Hall–Kier alpha value is -1.68. The van der Waals surface area contributed by atoms with Crippen molar-refractivity contribution in [3.05, 3.63) is 41.3 Å². The van der Waals surface area contributed by atoms with Gasteiger partial charge < -0.3 is 25.0 Å². The number of piperidine rings is 1. The molecule has 2 aromatic rings. The van der Waals surface area contributed by atoms with Gasteiger partial charge in [-0.15, -0.1) is 35.3 Å². The summed E-state index contributed by atoms with van der Waals surface area (Å²) in [6, 6.07) is 10.9.